The predicted octanol–water partition coefficient (Wildman–Crippen LogP) is -1.97. The molecule has 29 heavy (non-hydrogen) atoms. The van der Waals surface area contributed by atoms with Crippen molar-refractivity contribution in [1.29, 1.82) is 0 Å². The van der Waals surface area contributed by atoms with Gasteiger partial charge in [-0.2, -0.15) is 4.98 Å². The van der Waals surface area contributed by atoms with Crippen molar-refractivity contribution >= 4 is 16.7 Å². The number of nitrogens with zero attached hydrogens (tertiary/aromatic N) is 4. The zero-order chi connectivity index (χ0) is 21.5. The van der Waals surface area contributed by atoms with E-state index in [1.807, 2.05) is 25.9 Å². The summed E-state index contributed by atoms with van der Waals surface area (Å²) < 4.78 is 1.40. The number of anilines is 1. The fourth-order valence-electron chi connectivity index (χ4n) is 3.26. The van der Waals surface area contributed by atoms with Gasteiger partial charge >= 0.3 is 5.69 Å². The Morgan fingerprint density at radius 2 is 1.83 bits per heavy atom. The van der Waals surface area contributed by atoms with E-state index in [1.165, 1.54) is 4.57 Å². The van der Waals surface area contributed by atoms with Crippen molar-refractivity contribution in [1.82, 2.24) is 19.5 Å². The second kappa shape index (κ2) is 7.87. The van der Waals surface area contributed by atoms with E-state index in [4.69, 9.17) is 5.11 Å². The van der Waals surface area contributed by atoms with Crippen LogP contribution in [0, 0.1) is 6.92 Å². The monoisotopic (exact) mass is 405 g/mol. The molecule has 2 aliphatic rings. The predicted molar refractivity (Wildman–Crippen MR) is 105 cm³/mol. The third-order valence-corrected chi connectivity index (χ3v) is 4.75. The summed E-state index contributed by atoms with van der Waals surface area (Å²) in [7, 11) is 3.70. The van der Waals surface area contributed by atoms with Crippen molar-refractivity contribution < 1.29 is 20.4 Å². The smallest absolute Gasteiger partial charge is 0.349 e. The van der Waals surface area contributed by atoms with Crippen molar-refractivity contribution in [2.75, 3.05) is 25.6 Å². The minimum Gasteiger partial charge on any atom is -0.394 e. The maximum absolute atomic E-state index is 12.3. The van der Waals surface area contributed by atoms with Crippen LogP contribution in [0.15, 0.2) is 21.7 Å². The summed E-state index contributed by atoms with van der Waals surface area (Å²) in [5, 5.41) is 39.1. The zero-order valence-corrected chi connectivity index (χ0v) is 16.2. The van der Waals surface area contributed by atoms with Crippen LogP contribution in [0.3, 0.4) is 0 Å². The Balaban J connectivity index is 2.31. The molecule has 0 fully saturated rings. The Labute approximate surface area is 164 Å². The van der Waals surface area contributed by atoms with Gasteiger partial charge in [0.25, 0.3) is 5.56 Å². The van der Waals surface area contributed by atoms with Crippen LogP contribution in [-0.4, -0.2) is 79.0 Å². The second-order valence-corrected chi connectivity index (χ2v) is 7.10. The van der Waals surface area contributed by atoms with Gasteiger partial charge in [0.1, 0.15) is 18.3 Å². The summed E-state index contributed by atoms with van der Waals surface area (Å²) in [5.74, 6) is -0.0652. The third kappa shape index (κ3) is 3.85. The van der Waals surface area contributed by atoms with Crippen LogP contribution in [0.4, 0.5) is 5.69 Å². The quantitative estimate of drug-likeness (QED) is 0.293. The molecule has 0 aromatic heterocycles. The molecule has 0 aliphatic carbocycles. The molecule has 0 unspecified atom stereocenters. The van der Waals surface area contributed by atoms with Crippen LogP contribution in [0.5, 0.6) is 0 Å². The third-order valence-electron chi connectivity index (χ3n) is 4.75. The van der Waals surface area contributed by atoms with E-state index in [0.29, 0.717) is 11.0 Å². The minimum absolute atomic E-state index is 0.0652. The van der Waals surface area contributed by atoms with Gasteiger partial charge in [-0.15, -0.1) is 0 Å². The van der Waals surface area contributed by atoms with Crippen LogP contribution in [0.2, 0.25) is 0 Å². The molecular weight excluding hydrogens is 382 g/mol. The number of H-pyrrole nitrogens is 1. The molecule has 1 aromatic carbocycles. The number of nitrogens with one attached hydrogen (secondary N) is 1. The summed E-state index contributed by atoms with van der Waals surface area (Å²) in [6.45, 7) is 0.831. The molecule has 3 rings (SSSR count). The molecule has 5 N–H and O–H groups in total. The fourth-order valence-corrected chi connectivity index (χ4v) is 3.26. The van der Waals surface area contributed by atoms with Gasteiger partial charge in [-0.3, -0.25) is 9.78 Å². The second-order valence-electron chi connectivity index (χ2n) is 7.10. The number of benzene rings is 1. The minimum atomic E-state index is -1.65. The van der Waals surface area contributed by atoms with Gasteiger partial charge < -0.3 is 29.9 Å². The van der Waals surface area contributed by atoms with Crippen LogP contribution >= 0.6 is 0 Å². The molecule has 0 radical (unpaired) electrons. The molecule has 11 heteroatoms. The number of rotatable bonds is 6. The average Bonchev–Trinajstić information content (AvgIpc) is 2.66. The van der Waals surface area contributed by atoms with Crippen LogP contribution in [0.1, 0.15) is 5.56 Å². The molecule has 1 aromatic rings. The van der Waals surface area contributed by atoms with Gasteiger partial charge in [0.15, 0.2) is 11.5 Å². The molecule has 3 atom stereocenters. The van der Waals surface area contributed by atoms with E-state index >= 15 is 0 Å². The Morgan fingerprint density at radius 1 is 1.14 bits per heavy atom. The molecule has 0 saturated carbocycles. The van der Waals surface area contributed by atoms with Gasteiger partial charge in [-0.25, -0.2) is 9.78 Å². The highest BCUT2D eigenvalue weighted by molar-refractivity contribution is 5.84. The van der Waals surface area contributed by atoms with Crippen molar-refractivity contribution in [3.63, 3.8) is 0 Å². The number of fused-ring (bicyclic) bond motifs is 2. The van der Waals surface area contributed by atoms with Gasteiger partial charge in [-0.1, -0.05) is 0 Å². The van der Waals surface area contributed by atoms with E-state index < -0.39 is 36.2 Å². The first-order valence-electron chi connectivity index (χ1n) is 8.91. The lowest BCUT2D eigenvalue weighted by Crippen LogP contribution is -2.42. The maximum atomic E-state index is 12.3. The Bertz CT molecular complexity index is 1120. The van der Waals surface area contributed by atoms with E-state index in [9.17, 15) is 24.9 Å². The van der Waals surface area contributed by atoms with Crippen molar-refractivity contribution in [3.05, 3.63) is 38.5 Å². The lowest BCUT2D eigenvalue weighted by Gasteiger charge is -2.25. The number of aryl methyl sites for hydroxylation is 1. The summed E-state index contributed by atoms with van der Waals surface area (Å²) in [5.41, 5.74) is 0.925. The SMILES string of the molecule is Cc1cc2nc3c(=O)[nH]c(=O)nc-3n(C[C@H](O)[C@H](O)[C@@H](O)CO)c2cc1N(C)C. The summed E-state index contributed by atoms with van der Waals surface area (Å²) >= 11 is 0. The Hall–Kier alpha value is -2.86. The highest BCUT2D eigenvalue weighted by Gasteiger charge is 2.27. The fraction of sp³-hybridized carbons (Fsp3) is 0.444. The molecule has 0 bridgehead atoms. The van der Waals surface area contributed by atoms with Crippen LogP contribution < -0.4 is 16.1 Å². The first-order valence-corrected chi connectivity index (χ1v) is 8.91. The lowest BCUT2D eigenvalue weighted by molar-refractivity contribution is -0.0802. The molecule has 0 amide bonds. The Morgan fingerprint density at radius 3 is 2.45 bits per heavy atom. The van der Waals surface area contributed by atoms with E-state index in [2.05, 4.69) is 15.0 Å². The van der Waals surface area contributed by atoms with Gasteiger partial charge in [0, 0.05) is 19.8 Å². The number of aromatic amines is 1. The van der Waals surface area contributed by atoms with E-state index in [1.54, 1.807) is 12.1 Å². The van der Waals surface area contributed by atoms with E-state index in [-0.39, 0.29) is 18.1 Å². The summed E-state index contributed by atoms with van der Waals surface area (Å²) in [4.78, 5) is 36.1. The first kappa shape index (κ1) is 20.9. The van der Waals surface area contributed by atoms with Crippen molar-refractivity contribution in [3.8, 4) is 11.5 Å². The largest absolute Gasteiger partial charge is 0.394 e. The van der Waals surface area contributed by atoms with Gasteiger partial charge in [-0.05, 0) is 24.6 Å². The highest BCUT2D eigenvalue weighted by Crippen LogP contribution is 2.28. The molecule has 0 spiro atoms. The molecule has 2 heterocycles. The molecule has 0 saturated heterocycles. The van der Waals surface area contributed by atoms with Crippen molar-refractivity contribution in [2.24, 2.45) is 0 Å². The highest BCUT2D eigenvalue weighted by atomic mass is 16.4. The topological polar surface area (TPSA) is 165 Å². The van der Waals surface area contributed by atoms with Gasteiger partial charge in [0.05, 0.1) is 24.2 Å². The van der Waals surface area contributed by atoms with Crippen LogP contribution in [-0.2, 0) is 6.54 Å². The van der Waals surface area contributed by atoms with E-state index in [0.717, 1.165) is 11.3 Å². The van der Waals surface area contributed by atoms with Crippen molar-refractivity contribution in [2.45, 2.75) is 31.8 Å². The maximum Gasteiger partial charge on any atom is 0.349 e. The van der Waals surface area contributed by atoms with Gasteiger partial charge in [0.2, 0.25) is 0 Å². The Kier molecular flexibility index (Phi) is 5.66. The lowest BCUT2D eigenvalue weighted by atomic mass is 10.1. The molecular formula is C18H23N5O6. The summed E-state index contributed by atoms with van der Waals surface area (Å²) in [6.07, 6.45) is -4.73. The number of aromatic nitrogens is 4. The zero-order valence-electron chi connectivity index (χ0n) is 16.2. The molecule has 2 aliphatic heterocycles. The number of aliphatic hydroxyl groups is 4. The standard InChI is InChI=1S/C18H23N5O6/c1-8-4-9-11(5-10(8)22(2)3)23(6-12(25)15(27)13(26)7-24)16-14(19-9)17(28)21-18(29)20-16/h4-5,12-13,15,24-27H,6-7H2,1-3H3,(H,21,28,29)/t12-,13-,15-/m0/s1. The first-order chi connectivity index (χ1) is 13.6. The number of hydrogen-bond donors (Lipinski definition) is 5. The summed E-state index contributed by atoms with van der Waals surface area (Å²) in [6, 6.07) is 3.53. The molecule has 11 nitrogen and oxygen atoms in total. The number of aliphatic hydroxyl groups excluding tert-OH is 4. The molecule has 156 valence electrons. The van der Waals surface area contributed by atoms with Crippen LogP contribution in [0.25, 0.3) is 22.6 Å². The average molecular weight is 405 g/mol. The normalized spacial score (nSPS) is 14.9. The number of hydrogen-bond acceptors (Lipinski definition) is 9.